The van der Waals surface area contributed by atoms with E-state index in [0.29, 0.717) is 10.8 Å². The van der Waals surface area contributed by atoms with Crippen molar-refractivity contribution in [2.24, 2.45) is 0 Å². The summed E-state index contributed by atoms with van der Waals surface area (Å²) in [7, 11) is -5.47. The zero-order chi connectivity index (χ0) is 22.0. The minimum absolute atomic E-state index is 0.0971. The van der Waals surface area contributed by atoms with Gasteiger partial charge < -0.3 is 5.11 Å². The molecule has 4 aromatic carbocycles. The van der Waals surface area contributed by atoms with E-state index in [9.17, 15) is 17.7 Å². The van der Waals surface area contributed by atoms with Crippen LogP contribution in [-0.4, -0.2) is 17.7 Å². The fraction of sp³-hybridized carbons (Fsp3) is 0.0435. The lowest BCUT2D eigenvalue weighted by Crippen LogP contribution is -2.13. The Bertz CT molecular complexity index is 1370. The van der Waals surface area contributed by atoms with E-state index in [1.54, 1.807) is 36.4 Å². The van der Waals surface area contributed by atoms with Crippen LogP contribution in [0.5, 0.6) is 5.75 Å². The van der Waals surface area contributed by atoms with Gasteiger partial charge in [0, 0.05) is 15.2 Å². The van der Waals surface area contributed by atoms with Gasteiger partial charge in [0.1, 0.15) is 5.75 Å². The van der Waals surface area contributed by atoms with Gasteiger partial charge in [0.05, 0.1) is 32.0 Å². The van der Waals surface area contributed by atoms with Gasteiger partial charge in [-0.25, -0.2) is 8.42 Å². The molecule has 4 rings (SSSR count). The molecule has 0 heterocycles. The summed E-state index contributed by atoms with van der Waals surface area (Å²) < 4.78 is 42.3. The summed E-state index contributed by atoms with van der Waals surface area (Å²) in [6.45, 7) is 0. The summed E-state index contributed by atoms with van der Waals surface area (Å²) in [5.74, 6) is 0.0856. The molecule has 0 aliphatic carbocycles. The maximum absolute atomic E-state index is 13.1. The van der Waals surface area contributed by atoms with Crippen LogP contribution in [0.15, 0.2) is 99.2 Å². The van der Waals surface area contributed by atoms with Gasteiger partial charge >= 0.3 is 0 Å². The Balaban J connectivity index is 1.79. The highest BCUT2D eigenvalue weighted by Crippen LogP contribution is 2.38. The topological polar surface area (TPSA) is 83.5 Å². The van der Waals surface area contributed by atoms with Crippen molar-refractivity contribution in [3.63, 3.8) is 0 Å². The van der Waals surface area contributed by atoms with Crippen LogP contribution in [-0.2, 0) is 26.6 Å². The van der Waals surface area contributed by atoms with Crippen molar-refractivity contribution in [3.8, 4) is 5.75 Å². The number of hydrogen-bond donors (Lipinski definition) is 2. The highest BCUT2D eigenvalue weighted by molar-refractivity contribution is 9.10. The number of phenolic OH excluding ortho intramolecular Hbond substituents is 1. The predicted octanol–water partition coefficient (Wildman–Crippen LogP) is 5.42. The molecule has 5 nitrogen and oxygen atoms in total. The lowest BCUT2D eigenvalue weighted by molar-refractivity contribution is 0.468. The second-order valence-corrected chi connectivity index (χ2v) is 10.9. The third-order valence-electron chi connectivity index (χ3n) is 4.74. The van der Waals surface area contributed by atoms with E-state index in [0.717, 1.165) is 10.0 Å². The van der Waals surface area contributed by atoms with E-state index in [-0.39, 0.29) is 27.0 Å². The first-order chi connectivity index (χ1) is 14.8. The number of phenols is 1. The first-order valence-corrected chi connectivity index (χ1v) is 12.9. The van der Waals surface area contributed by atoms with E-state index in [2.05, 4.69) is 20.7 Å². The molecule has 0 aliphatic heterocycles. The number of sulfonamides is 1. The summed E-state index contributed by atoms with van der Waals surface area (Å²) in [5, 5.41) is 11.7. The fourth-order valence-corrected chi connectivity index (χ4v) is 5.77. The van der Waals surface area contributed by atoms with E-state index < -0.39 is 20.8 Å². The first kappa shape index (κ1) is 21.5. The van der Waals surface area contributed by atoms with Crippen molar-refractivity contribution < 1.29 is 17.7 Å². The Morgan fingerprint density at radius 2 is 1.48 bits per heavy atom. The second kappa shape index (κ2) is 8.82. The zero-order valence-corrected chi connectivity index (χ0v) is 19.4. The molecule has 0 spiro atoms. The van der Waals surface area contributed by atoms with Crippen LogP contribution >= 0.6 is 15.9 Å². The molecular weight excluding hydrogens is 498 g/mol. The minimum atomic E-state index is -3.89. The van der Waals surface area contributed by atoms with Crippen LogP contribution in [0.25, 0.3) is 10.8 Å². The molecule has 1 unspecified atom stereocenters. The molecule has 0 bridgehead atoms. The summed E-state index contributed by atoms with van der Waals surface area (Å²) in [5.41, 5.74) is 1.11. The van der Waals surface area contributed by atoms with Crippen LogP contribution in [0.1, 0.15) is 5.56 Å². The number of halogens is 1. The van der Waals surface area contributed by atoms with Gasteiger partial charge in [0.15, 0.2) is 0 Å². The van der Waals surface area contributed by atoms with Crippen molar-refractivity contribution in [2.75, 3.05) is 4.72 Å². The van der Waals surface area contributed by atoms with Crippen LogP contribution in [0.4, 0.5) is 5.69 Å². The number of rotatable bonds is 6. The number of anilines is 1. The van der Waals surface area contributed by atoms with E-state index in [1.165, 1.54) is 18.2 Å². The van der Waals surface area contributed by atoms with Crippen LogP contribution < -0.4 is 4.72 Å². The first-order valence-electron chi connectivity index (χ1n) is 9.30. The highest BCUT2D eigenvalue weighted by Gasteiger charge is 2.20. The molecule has 0 aliphatic rings. The highest BCUT2D eigenvalue weighted by atomic mass is 79.9. The maximum atomic E-state index is 13.1. The Labute approximate surface area is 191 Å². The van der Waals surface area contributed by atoms with Gasteiger partial charge in [-0.3, -0.25) is 8.93 Å². The SMILES string of the molecule is O=S(Cc1ccccc1)c1cc(NS(=O)(=O)c2ccc(Br)cc2)c2ccccc2c1O. The molecule has 0 aromatic heterocycles. The number of nitrogens with one attached hydrogen (secondary N) is 1. The zero-order valence-electron chi connectivity index (χ0n) is 16.2. The smallest absolute Gasteiger partial charge is 0.261 e. The Morgan fingerprint density at radius 3 is 2.16 bits per heavy atom. The van der Waals surface area contributed by atoms with Gasteiger partial charge in [-0.15, -0.1) is 0 Å². The molecule has 0 radical (unpaired) electrons. The van der Waals surface area contributed by atoms with Crippen molar-refractivity contribution in [2.45, 2.75) is 15.5 Å². The lowest BCUT2D eigenvalue weighted by atomic mass is 10.1. The predicted molar refractivity (Wildman–Crippen MR) is 127 cm³/mol. The molecule has 4 aromatic rings. The third-order valence-corrected chi connectivity index (χ3v) is 8.04. The lowest BCUT2D eigenvalue weighted by Gasteiger charge is -2.15. The van der Waals surface area contributed by atoms with Crippen molar-refractivity contribution >= 4 is 53.2 Å². The molecule has 0 fully saturated rings. The number of fused-ring (bicyclic) bond motifs is 1. The van der Waals surface area contributed by atoms with Crippen molar-refractivity contribution in [1.29, 1.82) is 0 Å². The fourth-order valence-electron chi connectivity index (χ4n) is 3.21. The Kier molecular flexibility index (Phi) is 6.13. The van der Waals surface area contributed by atoms with Crippen LogP contribution in [0, 0.1) is 0 Å². The third kappa shape index (κ3) is 4.66. The molecule has 0 amide bonds. The van der Waals surface area contributed by atoms with Crippen LogP contribution in [0.2, 0.25) is 0 Å². The monoisotopic (exact) mass is 515 g/mol. The molecule has 158 valence electrons. The molecule has 0 saturated carbocycles. The standard InChI is InChI=1S/C23H18BrNO4S2/c24-17-10-12-18(13-11-17)31(28,29)25-21-14-22(23(26)20-9-5-4-8-19(20)21)30(27)15-16-6-2-1-3-7-16/h1-14,25-26H,15H2. The van der Waals surface area contributed by atoms with Gasteiger partial charge in [-0.2, -0.15) is 0 Å². The Morgan fingerprint density at radius 1 is 0.871 bits per heavy atom. The minimum Gasteiger partial charge on any atom is -0.506 e. The summed E-state index contributed by atoms with van der Waals surface area (Å²) in [6.07, 6.45) is 0. The molecule has 2 N–H and O–H groups in total. The molecule has 1 atom stereocenters. The largest absolute Gasteiger partial charge is 0.506 e. The normalized spacial score (nSPS) is 12.5. The van der Waals surface area contributed by atoms with E-state index >= 15 is 0 Å². The van der Waals surface area contributed by atoms with Crippen molar-refractivity contribution in [1.82, 2.24) is 0 Å². The Hall–Kier alpha value is -2.68. The number of benzene rings is 4. The average Bonchev–Trinajstić information content (AvgIpc) is 2.76. The maximum Gasteiger partial charge on any atom is 0.261 e. The van der Waals surface area contributed by atoms with Crippen LogP contribution in [0.3, 0.4) is 0 Å². The van der Waals surface area contributed by atoms with Gasteiger partial charge in [-0.05, 0) is 35.9 Å². The molecular formula is C23H18BrNO4S2. The number of hydrogen-bond acceptors (Lipinski definition) is 4. The van der Waals surface area contributed by atoms with E-state index in [1.807, 2.05) is 30.3 Å². The molecule has 8 heteroatoms. The second-order valence-electron chi connectivity index (χ2n) is 6.85. The van der Waals surface area contributed by atoms with Gasteiger partial charge in [0.2, 0.25) is 0 Å². The van der Waals surface area contributed by atoms with E-state index in [4.69, 9.17) is 0 Å². The summed E-state index contributed by atoms with van der Waals surface area (Å²) >= 11 is 3.30. The molecule has 0 saturated heterocycles. The van der Waals surface area contributed by atoms with Crippen molar-refractivity contribution in [3.05, 3.63) is 95.0 Å². The molecule has 31 heavy (non-hydrogen) atoms. The summed E-state index contributed by atoms with van der Waals surface area (Å²) in [6, 6.07) is 23.9. The number of aromatic hydroxyl groups is 1. The van der Waals surface area contributed by atoms with Gasteiger partial charge in [0.25, 0.3) is 10.0 Å². The average molecular weight is 516 g/mol. The van der Waals surface area contributed by atoms with Gasteiger partial charge in [-0.1, -0.05) is 70.5 Å². The summed E-state index contributed by atoms with van der Waals surface area (Å²) in [4.78, 5) is 0.274. The quantitative estimate of drug-likeness (QED) is 0.336.